The van der Waals surface area contributed by atoms with E-state index in [4.69, 9.17) is 18.9 Å². The lowest BCUT2D eigenvalue weighted by atomic mass is 10.00. The molecule has 0 aromatic carbocycles. The van der Waals surface area contributed by atoms with E-state index in [1.165, 1.54) is 44.9 Å². The molecule has 342 valence electrons. The normalized spacial score (nSPS) is 20.7. The molecule has 0 aliphatic carbocycles. The van der Waals surface area contributed by atoms with E-state index >= 15 is 0 Å². The highest BCUT2D eigenvalue weighted by molar-refractivity contribution is 7.85. The van der Waals surface area contributed by atoms with Gasteiger partial charge in [0.2, 0.25) is 0 Å². The summed E-state index contributed by atoms with van der Waals surface area (Å²) < 4.78 is 54.0. The van der Waals surface area contributed by atoms with Crippen molar-refractivity contribution in [2.24, 2.45) is 0 Å². The fourth-order valence-electron chi connectivity index (χ4n) is 6.56. The summed E-state index contributed by atoms with van der Waals surface area (Å²) in [7, 11) is -4.61. The molecular formula is C46H80O12S. The van der Waals surface area contributed by atoms with Gasteiger partial charge in [0.1, 0.15) is 36.8 Å². The Balaban J connectivity index is 2.48. The molecule has 6 atom stereocenters. The van der Waals surface area contributed by atoms with Crippen molar-refractivity contribution in [2.45, 2.75) is 211 Å². The van der Waals surface area contributed by atoms with Crippen molar-refractivity contribution in [2.75, 3.05) is 19.0 Å². The lowest BCUT2D eigenvalue weighted by Gasteiger charge is -2.40. The van der Waals surface area contributed by atoms with Gasteiger partial charge < -0.3 is 34.3 Å². The van der Waals surface area contributed by atoms with E-state index in [9.17, 15) is 37.9 Å². The number of ether oxygens (including phenoxy) is 4. The summed E-state index contributed by atoms with van der Waals surface area (Å²) in [6.07, 6.45) is 32.9. The molecule has 0 amide bonds. The van der Waals surface area contributed by atoms with Crippen LogP contribution >= 0.6 is 0 Å². The van der Waals surface area contributed by atoms with Gasteiger partial charge in [0, 0.05) is 12.8 Å². The molecule has 0 saturated carbocycles. The van der Waals surface area contributed by atoms with Gasteiger partial charge in [0.15, 0.2) is 12.4 Å². The Kier molecular flexibility index (Phi) is 33.6. The Labute approximate surface area is 356 Å². The molecule has 12 nitrogen and oxygen atoms in total. The van der Waals surface area contributed by atoms with E-state index < -0.39 is 71.2 Å². The van der Waals surface area contributed by atoms with Gasteiger partial charge in [-0.2, -0.15) is 8.42 Å². The summed E-state index contributed by atoms with van der Waals surface area (Å²) in [5, 5.41) is 30.9. The molecule has 1 heterocycles. The van der Waals surface area contributed by atoms with Crippen LogP contribution in [0.3, 0.4) is 0 Å². The minimum Gasteiger partial charge on any atom is -0.462 e. The van der Waals surface area contributed by atoms with Crippen LogP contribution in [0.1, 0.15) is 174 Å². The molecule has 1 aliphatic heterocycles. The van der Waals surface area contributed by atoms with Gasteiger partial charge >= 0.3 is 11.9 Å². The molecule has 1 aliphatic rings. The van der Waals surface area contributed by atoms with Crippen molar-refractivity contribution < 1.29 is 56.8 Å². The summed E-state index contributed by atoms with van der Waals surface area (Å²) >= 11 is 0. The maximum Gasteiger partial charge on any atom is 0.306 e. The number of aliphatic hydroxyl groups excluding tert-OH is 3. The molecule has 6 unspecified atom stereocenters. The Morgan fingerprint density at radius 1 is 0.576 bits per heavy atom. The predicted octanol–water partition coefficient (Wildman–Crippen LogP) is 9.17. The van der Waals surface area contributed by atoms with Gasteiger partial charge in [-0.15, -0.1) is 0 Å². The summed E-state index contributed by atoms with van der Waals surface area (Å²) in [6.45, 7) is 3.69. The first kappa shape index (κ1) is 54.6. The van der Waals surface area contributed by atoms with Gasteiger partial charge in [-0.05, 0) is 77.0 Å². The van der Waals surface area contributed by atoms with Gasteiger partial charge in [-0.1, -0.05) is 133 Å². The highest BCUT2D eigenvalue weighted by Crippen LogP contribution is 2.24. The second-order valence-electron chi connectivity index (χ2n) is 15.7. The molecule has 1 saturated heterocycles. The Hall–Kier alpha value is -2.39. The number of hydrogen-bond donors (Lipinski definition) is 4. The third-order valence-electron chi connectivity index (χ3n) is 10.1. The fourth-order valence-corrected chi connectivity index (χ4v) is 7.25. The number of carbonyl (C=O) groups excluding carboxylic acids is 2. The average Bonchev–Trinajstić information content (AvgIpc) is 3.20. The van der Waals surface area contributed by atoms with Gasteiger partial charge in [-0.25, -0.2) is 0 Å². The number of carbonyl (C=O) groups is 2. The lowest BCUT2D eigenvalue weighted by Crippen LogP contribution is -2.60. The van der Waals surface area contributed by atoms with Crippen molar-refractivity contribution in [1.29, 1.82) is 0 Å². The molecule has 0 aromatic heterocycles. The summed E-state index contributed by atoms with van der Waals surface area (Å²) in [6, 6.07) is 0. The van der Waals surface area contributed by atoms with E-state index in [1.54, 1.807) is 0 Å². The van der Waals surface area contributed by atoms with Gasteiger partial charge in [0.05, 0.1) is 6.61 Å². The first-order chi connectivity index (χ1) is 28.5. The number of esters is 2. The predicted molar refractivity (Wildman–Crippen MR) is 233 cm³/mol. The second-order valence-corrected chi connectivity index (χ2v) is 17.2. The third-order valence-corrected chi connectivity index (χ3v) is 10.9. The minimum atomic E-state index is -4.61. The standard InChI is InChI=1S/C46H80O12S/c1-3-5-7-9-11-13-15-17-19-21-23-25-27-29-31-33-35-42(48)57-39(37-56-46-45(51)44(50)43(49)40(58-46)38-59(52,53)54)36-55-41(47)34-32-30-28-26-24-22-20-18-16-14-12-10-8-6-4-2/h12-15,18-21,39-40,43-46,49-51H,3-11,16-17,22-38H2,1-2H3,(H,52,53,54)/b14-12-,15-13-,20-18-,21-19-. The first-order valence-electron chi connectivity index (χ1n) is 22.7. The van der Waals surface area contributed by atoms with Crippen LogP contribution in [0.25, 0.3) is 0 Å². The van der Waals surface area contributed by atoms with E-state index in [1.807, 2.05) is 0 Å². The van der Waals surface area contributed by atoms with Crippen LogP contribution in [-0.4, -0.2) is 96.0 Å². The van der Waals surface area contributed by atoms with Crippen molar-refractivity contribution in [3.63, 3.8) is 0 Å². The number of hydrogen-bond acceptors (Lipinski definition) is 11. The lowest BCUT2D eigenvalue weighted by molar-refractivity contribution is -0.297. The molecule has 0 bridgehead atoms. The van der Waals surface area contributed by atoms with E-state index in [0.29, 0.717) is 12.8 Å². The highest BCUT2D eigenvalue weighted by atomic mass is 32.2. The maximum absolute atomic E-state index is 12.8. The molecule has 0 spiro atoms. The van der Waals surface area contributed by atoms with Crippen LogP contribution in [0, 0.1) is 0 Å². The number of rotatable bonds is 37. The van der Waals surface area contributed by atoms with Crippen LogP contribution in [0.2, 0.25) is 0 Å². The third kappa shape index (κ3) is 31.2. The number of unbranched alkanes of at least 4 members (excludes halogenated alkanes) is 17. The zero-order chi connectivity index (χ0) is 43.4. The van der Waals surface area contributed by atoms with E-state index in [-0.39, 0.29) is 19.4 Å². The van der Waals surface area contributed by atoms with Gasteiger partial charge in [-0.3, -0.25) is 14.1 Å². The zero-order valence-corrected chi connectivity index (χ0v) is 37.2. The van der Waals surface area contributed by atoms with Crippen LogP contribution in [0.15, 0.2) is 48.6 Å². The van der Waals surface area contributed by atoms with Crippen molar-refractivity contribution in [3.8, 4) is 0 Å². The Morgan fingerprint density at radius 3 is 1.53 bits per heavy atom. The highest BCUT2D eigenvalue weighted by Gasteiger charge is 2.46. The monoisotopic (exact) mass is 857 g/mol. The molecule has 0 radical (unpaired) electrons. The SMILES string of the molecule is CCCCC/C=C\C/C=C\CCCCCCCC(=O)OCC(COC1OC(CS(=O)(=O)O)C(O)C(O)C1O)OC(=O)CCCCCCC/C=C\C/C=C\CCCCCC. The summed E-state index contributed by atoms with van der Waals surface area (Å²) in [5.74, 6) is -2.02. The van der Waals surface area contributed by atoms with Crippen molar-refractivity contribution in [1.82, 2.24) is 0 Å². The molecule has 59 heavy (non-hydrogen) atoms. The molecule has 4 N–H and O–H groups in total. The minimum absolute atomic E-state index is 0.144. The van der Waals surface area contributed by atoms with Crippen LogP contribution in [0.4, 0.5) is 0 Å². The van der Waals surface area contributed by atoms with Gasteiger partial charge in [0.25, 0.3) is 10.1 Å². The first-order valence-corrected chi connectivity index (χ1v) is 24.3. The maximum atomic E-state index is 12.8. The van der Waals surface area contributed by atoms with Crippen molar-refractivity contribution >= 4 is 22.1 Å². The number of allylic oxidation sites excluding steroid dienone is 8. The molecule has 0 aromatic rings. The quantitative estimate of drug-likeness (QED) is 0.0201. The van der Waals surface area contributed by atoms with Crippen LogP contribution in [0.5, 0.6) is 0 Å². The second kappa shape index (κ2) is 36.3. The largest absolute Gasteiger partial charge is 0.462 e. The zero-order valence-electron chi connectivity index (χ0n) is 36.3. The van der Waals surface area contributed by atoms with Crippen molar-refractivity contribution in [3.05, 3.63) is 48.6 Å². The fraction of sp³-hybridized carbons (Fsp3) is 0.783. The van der Waals surface area contributed by atoms with E-state index in [0.717, 1.165) is 89.9 Å². The molecular weight excluding hydrogens is 777 g/mol. The molecule has 1 fully saturated rings. The summed E-state index contributed by atoms with van der Waals surface area (Å²) in [5.41, 5.74) is 0. The average molecular weight is 857 g/mol. The molecule has 1 rings (SSSR count). The number of aliphatic hydroxyl groups is 3. The Bertz CT molecular complexity index is 1280. The Morgan fingerprint density at radius 2 is 1.02 bits per heavy atom. The van der Waals surface area contributed by atoms with Crippen LogP contribution < -0.4 is 0 Å². The smallest absolute Gasteiger partial charge is 0.306 e. The summed E-state index contributed by atoms with van der Waals surface area (Å²) in [4.78, 5) is 25.4. The van der Waals surface area contributed by atoms with E-state index in [2.05, 4.69) is 62.5 Å². The van der Waals surface area contributed by atoms with Crippen LogP contribution in [-0.2, 0) is 38.7 Å². The topological polar surface area (TPSA) is 186 Å². The molecule has 13 heteroatoms.